The van der Waals surface area contributed by atoms with Crippen molar-refractivity contribution in [3.05, 3.63) is 66.5 Å². The zero-order valence-corrected chi connectivity index (χ0v) is 18.9. The van der Waals surface area contributed by atoms with E-state index < -0.39 is 0 Å². The molecular formula is C24H25N7S. The minimum atomic E-state index is 0.478. The highest BCUT2D eigenvalue weighted by atomic mass is 32.2. The molecule has 5 rings (SSSR count). The molecule has 0 radical (unpaired) electrons. The van der Waals surface area contributed by atoms with Crippen LogP contribution in [0.2, 0.25) is 0 Å². The number of nitrogens with zero attached hydrogens (tertiary/aromatic N) is 3. The van der Waals surface area contributed by atoms with Crippen molar-refractivity contribution in [3.63, 3.8) is 0 Å². The molecule has 0 spiro atoms. The molecule has 0 saturated heterocycles. The molecule has 2 heterocycles. The molecule has 1 fully saturated rings. The summed E-state index contributed by atoms with van der Waals surface area (Å²) in [5.74, 6) is 1.29. The SMILES string of the molecule is C=C(c1cccc(SC)c1)c1cc(Nc2nc(NC3CC3)c3[nH]cnc3n2)ccc1NC. The number of H-pyrrole nitrogens is 1. The summed E-state index contributed by atoms with van der Waals surface area (Å²) >= 11 is 1.72. The Morgan fingerprint density at radius 2 is 2.03 bits per heavy atom. The lowest BCUT2D eigenvalue weighted by atomic mass is 9.97. The summed E-state index contributed by atoms with van der Waals surface area (Å²) in [5, 5.41) is 10.1. The largest absolute Gasteiger partial charge is 0.388 e. The van der Waals surface area contributed by atoms with Gasteiger partial charge in [-0.2, -0.15) is 9.97 Å². The molecule has 8 heteroatoms. The van der Waals surface area contributed by atoms with E-state index in [-0.39, 0.29) is 0 Å². The van der Waals surface area contributed by atoms with Crippen LogP contribution in [0.1, 0.15) is 24.0 Å². The van der Waals surface area contributed by atoms with Gasteiger partial charge in [0, 0.05) is 34.9 Å². The molecule has 162 valence electrons. The molecule has 7 nitrogen and oxygen atoms in total. The molecular weight excluding hydrogens is 418 g/mol. The lowest BCUT2D eigenvalue weighted by Gasteiger charge is -2.15. The van der Waals surface area contributed by atoms with Gasteiger partial charge in [-0.15, -0.1) is 11.8 Å². The highest BCUT2D eigenvalue weighted by Gasteiger charge is 2.23. The van der Waals surface area contributed by atoms with Crippen LogP contribution >= 0.6 is 11.8 Å². The lowest BCUT2D eigenvalue weighted by Crippen LogP contribution is -2.07. The Bertz CT molecular complexity index is 1290. The summed E-state index contributed by atoms with van der Waals surface area (Å²) in [6.07, 6.45) is 6.05. The first-order valence-electron chi connectivity index (χ1n) is 10.5. The van der Waals surface area contributed by atoms with E-state index in [9.17, 15) is 0 Å². The van der Waals surface area contributed by atoms with E-state index in [4.69, 9.17) is 4.98 Å². The quantitative estimate of drug-likeness (QED) is 0.268. The number of imidazole rings is 1. The fourth-order valence-corrected chi connectivity index (χ4v) is 4.06. The molecule has 4 aromatic rings. The van der Waals surface area contributed by atoms with Crippen molar-refractivity contribution < 1.29 is 0 Å². The minimum absolute atomic E-state index is 0.478. The van der Waals surface area contributed by atoms with Gasteiger partial charge in [0.05, 0.1) is 6.33 Å². The molecule has 1 aliphatic carbocycles. The normalized spacial score (nSPS) is 13.2. The summed E-state index contributed by atoms with van der Waals surface area (Å²) in [5.41, 5.74) is 6.42. The second kappa shape index (κ2) is 8.55. The van der Waals surface area contributed by atoms with Crippen LogP contribution in [-0.2, 0) is 0 Å². The lowest BCUT2D eigenvalue weighted by molar-refractivity contribution is 1.10. The van der Waals surface area contributed by atoms with E-state index >= 15 is 0 Å². The Labute approximate surface area is 191 Å². The number of fused-ring (bicyclic) bond motifs is 1. The van der Waals surface area contributed by atoms with Crippen molar-refractivity contribution in [1.29, 1.82) is 0 Å². The summed E-state index contributed by atoms with van der Waals surface area (Å²) in [6.45, 7) is 4.38. The minimum Gasteiger partial charge on any atom is -0.388 e. The average molecular weight is 444 g/mol. The number of nitrogens with one attached hydrogen (secondary N) is 4. The third-order valence-corrected chi connectivity index (χ3v) is 6.22. The van der Waals surface area contributed by atoms with Crippen LogP contribution < -0.4 is 16.0 Å². The van der Waals surface area contributed by atoms with Gasteiger partial charge in [0.25, 0.3) is 0 Å². The van der Waals surface area contributed by atoms with E-state index in [0.717, 1.165) is 52.3 Å². The predicted molar refractivity (Wildman–Crippen MR) is 134 cm³/mol. The van der Waals surface area contributed by atoms with Crippen LogP contribution in [0, 0.1) is 0 Å². The molecule has 0 atom stereocenters. The second-order valence-corrected chi connectivity index (χ2v) is 8.64. The third kappa shape index (κ3) is 4.13. The summed E-state index contributed by atoms with van der Waals surface area (Å²) in [4.78, 5) is 17.9. The van der Waals surface area contributed by atoms with Crippen molar-refractivity contribution in [2.45, 2.75) is 23.8 Å². The van der Waals surface area contributed by atoms with Crippen molar-refractivity contribution in [2.24, 2.45) is 0 Å². The smallest absolute Gasteiger partial charge is 0.231 e. The summed E-state index contributed by atoms with van der Waals surface area (Å²) in [7, 11) is 1.92. The van der Waals surface area contributed by atoms with Crippen molar-refractivity contribution in [1.82, 2.24) is 19.9 Å². The van der Waals surface area contributed by atoms with Gasteiger partial charge in [0.2, 0.25) is 5.95 Å². The second-order valence-electron chi connectivity index (χ2n) is 7.76. The van der Waals surface area contributed by atoms with Gasteiger partial charge in [-0.1, -0.05) is 18.7 Å². The number of benzene rings is 2. The van der Waals surface area contributed by atoms with Crippen LogP contribution in [0.25, 0.3) is 16.7 Å². The van der Waals surface area contributed by atoms with Crippen LogP contribution in [0.4, 0.5) is 23.1 Å². The van der Waals surface area contributed by atoms with Gasteiger partial charge in [0.15, 0.2) is 11.5 Å². The van der Waals surface area contributed by atoms with Gasteiger partial charge >= 0.3 is 0 Å². The zero-order valence-electron chi connectivity index (χ0n) is 18.1. The molecule has 32 heavy (non-hydrogen) atoms. The third-order valence-electron chi connectivity index (χ3n) is 5.49. The molecule has 4 N–H and O–H groups in total. The topological polar surface area (TPSA) is 90.5 Å². The van der Waals surface area contributed by atoms with Crippen LogP contribution in [0.5, 0.6) is 0 Å². The van der Waals surface area contributed by atoms with Crippen molar-refractivity contribution in [3.8, 4) is 0 Å². The maximum absolute atomic E-state index is 4.70. The first-order chi connectivity index (χ1) is 15.6. The van der Waals surface area contributed by atoms with Crippen LogP contribution in [-0.4, -0.2) is 39.3 Å². The van der Waals surface area contributed by atoms with E-state index in [0.29, 0.717) is 17.6 Å². The number of rotatable bonds is 8. The Morgan fingerprint density at radius 1 is 1.16 bits per heavy atom. The first kappa shape index (κ1) is 20.4. The molecule has 2 aromatic carbocycles. The van der Waals surface area contributed by atoms with E-state index in [2.05, 4.69) is 74.1 Å². The number of anilines is 4. The molecule has 0 unspecified atom stereocenters. The van der Waals surface area contributed by atoms with Gasteiger partial charge < -0.3 is 20.9 Å². The molecule has 2 aromatic heterocycles. The van der Waals surface area contributed by atoms with Gasteiger partial charge in [-0.25, -0.2) is 4.98 Å². The fourth-order valence-electron chi connectivity index (χ4n) is 3.60. The molecule has 0 bridgehead atoms. The van der Waals surface area contributed by atoms with Gasteiger partial charge in [0.1, 0.15) is 5.52 Å². The van der Waals surface area contributed by atoms with Crippen LogP contribution in [0.3, 0.4) is 0 Å². The number of hydrogen-bond acceptors (Lipinski definition) is 7. The molecule has 0 amide bonds. The Balaban J connectivity index is 1.48. The van der Waals surface area contributed by atoms with Crippen molar-refractivity contribution in [2.75, 3.05) is 29.3 Å². The van der Waals surface area contributed by atoms with E-state index in [1.165, 1.54) is 4.90 Å². The van der Waals surface area contributed by atoms with Crippen LogP contribution in [0.15, 0.2) is 60.3 Å². The maximum atomic E-state index is 4.70. The maximum Gasteiger partial charge on any atom is 0.231 e. The Hall–Kier alpha value is -3.52. The monoisotopic (exact) mass is 443 g/mol. The number of aromatic nitrogens is 4. The molecule has 1 aliphatic rings. The number of thioether (sulfide) groups is 1. The number of aromatic amines is 1. The number of hydrogen-bond donors (Lipinski definition) is 4. The summed E-state index contributed by atoms with van der Waals surface area (Å²) in [6, 6.07) is 15.0. The van der Waals surface area contributed by atoms with Gasteiger partial charge in [-0.05, 0) is 60.6 Å². The zero-order chi connectivity index (χ0) is 22.1. The first-order valence-corrected chi connectivity index (χ1v) is 11.8. The van der Waals surface area contributed by atoms with Gasteiger partial charge in [-0.3, -0.25) is 0 Å². The molecule has 1 saturated carbocycles. The highest BCUT2D eigenvalue weighted by Crippen LogP contribution is 2.33. The highest BCUT2D eigenvalue weighted by molar-refractivity contribution is 7.98. The fraction of sp³-hybridized carbons (Fsp3) is 0.208. The average Bonchev–Trinajstić information content (AvgIpc) is 3.51. The van der Waals surface area contributed by atoms with Crippen molar-refractivity contribution >= 4 is 51.6 Å². The standard InChI is InChI=1S/C24H25N7S/c1-14(15-5-4-6-18(11-15)32-3)19-12-17(9-10-20(19)25-2)29-24-30-22-21(26-13-27-22)23(31-24)28-16-7-8-16/h4-6,9-13,16,25H,1,7-8H2,2-3H3,(H3,26,27,28,29,30,31). The molecule has 0 aliphatic heterocycles. The van der Waals surface area contributed by atoms with E-state index in [1.54, 1.807) is 18.1 Å². The van der Waals surface area contributed by atoms with E-state index in [1.807, 2.05) is 19.2 Å². The predicted octanol–water partition coefficient (Wildman–Crippen LogP) is 5.50. The Kier molecular flexibility index (Phi) is 5.45. The summed E-state index contributed by atoms with van der Waals surface area (Å²) < 4.78 is 0. The Morgan fingerprint density at radius 3 is 2.81 bits per heavy atom.